The predicted octanol–water partition coefficient (Wildman–Crippen LogP) is 2.47. The van der Waals surface area contributed by atoms with Gasteiger partial charge in [0.15, 0.2) is 0 Å². The molecule has 8 heteroatoms. The van der Waals surface area contributed by atoms with E-state index in [9.17, 15) is 8.42 Å². The first-order valence-corrected chi connectivity index (χ1v) is 10.3. The van der Waals surface area contributed by atoms with Crippen LogP contribution >= 0.6 is 0 Å². The lowest BCUT2D eigenvalue weighted by molar-refractivity contribution is 0.397. The molecule has 0 aliphatic rings. The van der Waals surface area contributed by atoms with Crippen molar-refractivity contribution in [3.8, 4) is 5.75 Å². The Hall–Kier alpha value is -1.90. The van der Waals surface area contributed by atoms with Gasteiger partial charge in [0.1, 0.15) is 17.6 Å². The second-order valence-electron chi connectivity index (χ2n) is 6.12. The second kappa shape index (κ2) is 9.16. The molecule has 7 nitrogen and oxygen atoms in total. The molecule has 1 N–H and O–H groups in total. The number of rotatable bonds is 10. The maximum absolute atomic E-state index is 13.0. The molecule has 0 radical (unpaired) electrons. The Labute approximate surface area is 156 Å². The molecule has 1 unspecified atom stereocenters. The minimum Gasteiger partial charge on any atom is -0.497 e. The van der Waals surface area contributed by atoms with Crippen LogP contribution in [0.15, 0.2) is 36.7 Å². The van der Waals surface area contributed by atoms with Crippen LogP contribution in [0.2, 0.25) is 0 Å². The van der Waals surface area contributed by atoms with Crippen molar-refractivity contribution in [1.82, 2.24) is 18.6 Å². The maximum Gasteiger partial charge on any atom is 0.280 e. The van der Waals surface area contributed by atoms with Gasteiger partial charge in [0, 0.05) is 32.5 Å². The highest BCUT2D eigenvalue weighted by Crippen LogP contribution is 2.24. The summed E-state index contributed by atoms with van der Waals surface area (Å²) in [7, 11) is -0.205. The first-order valence-electron chi connectivity index (χ1n) is 8.81. The third-order valence-corrected chi connectivity index (χ3v) is 5.70. The summed E-state index contributed by atoms with van der Waals surface area (Å²) in [4.78, 5) is 4.36. The van der Waals surface area contributed by atoms with Gasteiger partial charge in [0.2, 0.25) is 0 Å². The summed E-state index contributed by atoms with van der Waals surface area (Å²) >= 11 is 0. The molecule has 1 aromatic heterocycles. The van der Waals surface area contributed by atoms with E-state index < -0.39 is 16.3 Å². The molecule has 0 fully saturated rings. The van der Waals surface area contributed by atoms with E-state index in [1.54, 1.807) is 19.5 Å². The number of ether oxygens (including phenoxy) is 1. The van der Waals surface area contributed by atoms with Gasteiger partial charge in [0.05, 0.1) is 7.11 Å². The van der Waals surface area contributed by atoms with E-state index in [2.05, 4.69) is 9.71 Å². The number of benzene rings is 1. The van der Waals surface area contributed by atoms with Crippen LogP contribution in [0.1, 0.15) is 44.1 Å². The predicted molar refractivity (Wildman–Crippen MR) is 102 cm³/mol. The first-order chi connectivity index (χ1) is 12.4. The third-order valence-electron chi connectivity index (χ3n) is 4.12. The molecule has 0 amide bonds. The number of aryl methyl sites for hydroxylation is 1. The Bertz CT molecular complexity index is 781. The van der Waals surface area contributed by atoms with Gasteiger partial charge in [-0.25, -0.2) is 4.98 Å². The lowest BCUT2D eigenvalue weighted by Crippen LogP contribution is -2.43. The Balaban J connectivity index is 2.39. The van der Waals surface area contributed by atoms with Crippen molar-refractivity contribution in [3.63, 3.8) is 0 Å². The van der Waals surface area contributed by atoms with Crippen molar-refractivity contribution in [2.75, 3.05) is 20.2 Å². The number of aromatic nitrogens is 2. The first kappa shape index (κ1) is 20.4. The lowest BCUT2D eigenvalue weighted by atomic mass is 10.1. The van der Waals surface area contributed by atoms with Crippen molar-refractivity contribution in [2.45, 2.75) is 32.7 Å². The molecule has 26 heavy (non-hydrogen) atoms. The molecule has 144 valence electrons. The summed E-state index contributed by atoms with van der Waals surface area (Å²) in [5.41, 5.74) is 0.802. The second-order valence-corrected chi connectivity index (χ2v) is 7.83. The van der Waals surface area contributed by atoms with E-state index in [1.165, 1.54) is 4.31 Å². The van der Waals surface area contributed by atoms with Crippen molar-refractivity contribution in [3.05, 3.63) is 48.0 Å². The quantitative estimate of drug-likeness (QED) is 0.687. The molecule has 0 saturated heterocycles. The Morgan fingerprint density at radius 2 is 1.81 bits per heavy atom. The fraction of sp³-hybridized carbons (Fsp3) is 0.500. The van der Waals surface area contributed by atoms with E-state index in [1.807, 2.05) is 49.7 Å². The van der Waals surface area contributed by atoms with Gasteiger partial charge in [0.25, 0.3) is 10.2 Å². The van der Waals surface area contributed by atoms with E-state index in [4.69, 9.17) is 4.74 Å². The fourth-order valence-corrected chi connectivity index (χ4v) is 4.33. The lowest BCUT2D eigenvalue weighted by Gasteiger charge is -2.25. The number of imidazole rings is 1. The topological polar surface area (TPSA) is 76.5 Å². The molecule has 1 atom stereocenters. The monoisotopic (exact) mass is 380 g/mol. The smallest absolute Gasteiger partial charge is 0.280 e. The van der Waals surface area contributed by atoms with Crippen LogP contribution < -0.4 is 9.46 Å². The largest absolute Gasteiger partial charge is 0.497 e. The minimum atomic E-state index is -3.65. The number of nitrogens with one attached hydrogen (secondary N) is 1. The van der Waals surface area contributed by atoms with Gasteiger partial charge in [-0.3, -0.25) is 0 Å². The van der Waals surface area contributed by atoms with Crippen LogP contribution in [0.25, 0.3) is 0 Å². The highest BCUT2D eigenvalue weighted by molar-refractivity contribution is 7.87. The number of methoxy groups -OCH3 is 1. The van der Waals surface area contributed by atoms with Crippen LogP contribution in [0.5, 0.6) is 5.75 Å². The number of hydrogen-bond donors (Lipinski definition) is 1. The van der Waals surface area contributed by atoms with Gasteiger partial charge in [-0.15, -0.1) is 0 Å². The van der Waals surface area contributed by atoms with Crippen molar-refractivity contribution in [1.29, 1.82) is 0 Å². The van der Waals surface area contributed by atoms with Crippen LogP contribution in [-0.4, -0.2) is 42.5 Å². The Morgan fingerprint density at radius 1 is 1.19 bits per heavy atom. The minimum absolute atomic E-state index is 0.485. The fourth-order valence-electron chi connectivity index (χ4n) is 2.80. The zero-order valence-corrected chi connectivity index (χ0v) is 16.7. The number of nitrogens with zero attached hydrogens (tertiary/aromatic N) is 3. The van der Waals surface area contributed by atoms with E-state index in [0.29, 0.717) is 24.7 Å². The summed E-state index contributed by atoms with van der Waals surface area (Å²) in [5, 5.41) is 0. The SMILES string of the molecule is CCCN(CCC)S(=O)(=O)NC(c1ccc(OC)cc1)c1nccn1C. The highest BCUT2D eigenvalue weighted by Gasteiger charge is 2.28. The van der Waals surface area contributed by atoms with Gasteiger partial charge >= 0.3 is 0 Å². The van der Waals surface area contributed by atoms with Crippen molar-refractivity contribution < 1.29 is 13.2 Å². The summed E-state index contributed by atoms with van der Waals surface area (Å²) < 4.78 is 37.3. The third kappa shape index (κ3) is 4.84. The Morgan fingerprint density at radius 3 is 2.27 bits per heavy atom. The van der Waals surface area contributed by atoms with Gasteiger partial charge in [-0.2, -0.15) is 17.4 Å². The molecule has 2 rings (SSSR count). The summed E-state index contributed by atoms with van der Waals surface area (Å²) in [6.45, 7) is 4.91. The molecule has 1 heterocycles. The van der Waals surface area contributed by atoms with E-state index in [0.717, 1.165) is 18.4 Å². The highest BCUT2D eigenvalue weighted by atomic mass is 32.2. The van der Waals surface area contributed by atoms with E-state index >= 15 is 0 Å². The zero-order valence-electron chi connectivity index (χ0n) is 15.8. The average Bonchev–Trinajstić information content (AvgIpc) is 3.05. The Kier molecular flexibility index (Phi) is 7.19. The standard InChI is InChI=1S/C18H28N4O3S/c1-5-12-22(13-6-2)26(23,24)20-17(18-19-11-14-21(18)3)15-7-9-16(25-4)10-8-15/h7-11,14,17,20H,5-6,12-13H2,1-4H3. The summed E-state index contributed by atoms with van der Waals surface area (Å²) in [5.74, 6) is 1.35. The van der Waals surface area contributed by atoms with Crippen LogP contribution in [0, 0.1) is 0 Å². The average molecular weight is 381 g/mol. The molecule has 0 bridgehead atoms. The summed E-state index contributed by atoms with van der Waals surface area (Å²) in [6.07, 6.45) is 4.99. The zero-order chi connectivity index (χ0) is 19.2. The molecule has 1 aromatic carbocycles. The van der Waals surface area contributed by atoms with Gasteiger partial charge in [-0.1, -0.05) is 26.0 Å². The molecule has 0 aliphatic carbocycles. The van der Waals surface area contributed by atoms with Crippen molar-refractivity contribution in [2.24, 2.45) is 7.05 Å². The van der Waals surface area contributed by atoms with Crippen molar-refractivity contribution >= 4 is 10.2 Å². The van der Waals surface area contributed by atoms with Gasteiger partial charge in [-0.05, 0) is 30.5 Å². The molecular weight excluding hydrogens is 352 g/mol. The van der Waals surface area contributed by atoms with Crippen LogP contribution in [0.4, 0.5) is 0 Å². The maximum atomic E-state index is 13.0. The molecule has 0 saturated carbocycles. The molecule has 0 spiro atoms. The van der Waals surface area contributed by atoms with Gasteiger partial charge < -0.3 is 9.30 Å². The molecule has 2 aromatic rings. The molecular formula is C18H28N4O3S. The number of hydrogen-bond acceptors (Lipinski definition) is 4. The van der Waals surface area contributed by atoms with E-state index in [-0.39, 0.29) is 0 Å². The normalized spacial score (nSPS) is 13.1. The molecule has 0 aliphatic heterocycles. The van der Waals surface area contributed by atoms with Crippen LogP contribution in [0.3, 0.4) is 0 Å². The van der Waals surface area contributed by atoms with Crippen LogP contribution in [-0.2, 0) is 17.3 Å². The summed E-state index contributed by atoms with van der Waals surface area (Å²) in [6, 6.07) is 6.75.